The Bertz CT molecular complexity index is 646. The summed E-state index contributed by atoms with van der Waals surface area (Å²) in [4.78, 5) is 9.81. The van der Waals surface area contributed by atoms with Crippen molar-refractivity contribution in [1.82, 2.24) is 0 Å². The fourth-order valence-electron chi connectivity index (χ4n) is 1.57. The van der Waals surface area contributed by atoms with Crippen molar-refractivity contribution in [2.75, 3.05) is 0 Å². The van der Waals surface area contributed by atoms with E-state index in [4.69, 9.17) is 4.74 Å². The highest BCUT2D eigenvalue weighted by molar-refractivity contribution is 5.48. The van der Waals surface area contributed by atoms with Crippen molar-refractivity contribution in [1.29, 1.82) is 0 Å². The molecule has 0 unspecified atom stereocenters. The van der Waals surface area contributed by atoms with Gasteiger partial charge in [-0.25, -0.2) is 8.78 Å². The molecule has 0 fully saturated rings. The molecule has 0 saturated heterocycles. The predicted octanol–water partition coefficient (Wildman–Crippen LogP) is 4.03. The zero-order valence-electron chi connectivity index (χ0n) is 9.99. The first kappa shape index (κ1) is 13.7. The average Bonchev–Trinajstić information content (AvgIpc) is 2.41. The third-order valence-electron chi connectivity index (χ3n) is 2.52. The van der Waals surface area contributed by atoms with Crippen LogP contribution in [0.5, 0.6) is 17.2 Å². The number of phenols is 1. The monoisotopic (exact) mass is 281 g/mol. The Labute approximate surface area is 112 Å². The summed E-state index contributed by atoms with van der Waals surface area (Å²) in [5, 5.41) is 20.1. The maximum Gasteiger partial charge on any atom is 0.270 e. The third-order valence-corrected chi connectivity index (χ3v) is 2.52. The van der Waals surface area contributed by atoms with Gasteiger partial charge in [0.2, 0.25) is 0 Å². The molecule has 5 nitrogen and oxygen atoms in total. The summed E-state index contributed by atoms with van der Waals surface area (Å²) in [5.41, 5.74) is -1.06. The van der Waals surface area contributed by atoms with Gasteiger partial charge in [0.05, 0.1) is 10.5 Å². The summed E-state index contributed by atoms with van der Waals surface area (Å²) < 4.78 is 31.0. The van der Waals surface area contributed by atoms with Gasteiger partial charge >= 0.3 is 0 Å². The van der Waals surface area contributed by atoms with Crippen molar-refractivity contribution in [3.63, 3.8) is 0 Å². The largest absolute Gasteiger partial charge is 0.504 e. The van der Waals surface area contributed by atoms with Gasteiger partial charge in [-0.15, -0.1) is 0 Å². The molecule has 20 heavy (non-hydrogen) atoms. The van der Waals surface area contributed by atoms with Gasteiger partial charge < -0.3 is 9.84 Å². The normalized spacial score (nSPS) is 10.6. The first-order valence-corrected chi connectivity index (χ1v) is 5.51. The number of nitro groups is 1. The van der Waals surface area contributed by atoms with E-state index < -0.39 is 22.6 Å². The number of nitro benzene ring substituents is 1. The number of rotatable bonds is 4. The van der Waals surface area contributed by atoms with Crippen molar-refractivity contribution >= 4 is 5.69 Å². The van der Waals surface area contributed by atoms with Gasteiger partial charge in [-0.05, 0) is 18.2 Å². The maximum absolute atomic E-state index is 12.9. The van der Waals surface area contributed by atoms with Gasteiger partial charge in [-0.1, -0.05) is 12.1 Å². The molecule has 0 aromatic heterocycles. The Kier molecular flexibility index (Phi) is 3.79. The van der Waals surface area contributed by atoms with Crippen molar-refractivity contribution in [3.8, 4) is 17.2 Å². The van der Waals surface area contributed by atoms with Crippen LogP contribution in [0, 0.1) is 10.1 Å². The molecule has 2 rings (SSSR count). The minimum Gasteiger partial charge on any atom is -0.504 e. The molecule has 0 amide bonds. The van der Waals surface area contributed by atoms with E-state index in [0.717, 1.165) is 18.2 Å². The summed E-state index contributed by atoms with van der Waals surface area (Å²) in [6, 6.07) is 8.72. The van der Waals surface area contributed by atoms with Crippen LogP contribution >= 0.6 is 0 Å². The third kappa shape index (κ3) is 2.82. The summed E-state index contributed by atoms with van der Waals surface area (Å²) >= 11 is 0. The van der Waals surface area contributed by atoms with E-state index in [0.29, 0.717) is 0 Å². The number of hydrogen-bond acceptors (Lipinski definition) is 4. The molecule has 0 radical (unpaired) electrons. The van der Waals surface area contributed by atoms with Gasteiger partial charge in [-0.3, -0.25) is 10.1 Å². The average molecular weight is 281 g/mol. The highest BCUT2D eigenvalue weighted by Gasteiger charge is 2.20. The zero-order valence-corrected chi connectivity index (χ0v) is 9.99. The van der Waals surface area contributed by atoms with E-state index in [1.165, 1.54) is 12.1 Å². The molecule has 2 aromatic rings. The Morgan fingerprint density at radius 2 is 1.85 bits per heavy atom. The van der Waals surface area contributed by atoms with Crippen LogP contribution in [0.1, 0.15) is 12.0 Å². The molecule has 104 valence electrons. The first-order valence-electron chi connectivity index (χ1n) is 5.51. The van der Waals surface area contributed by atoms with Crippen LogP contribution in [-0.2, 0) is 0 Å². The second-order valence-corrected chi connectivity index (χ2v) is 3.85. The lowest BCUT2D eigenvalue weighted by Gasteiger charge is -2.11. The molecular formula is C13H9F2NO4. The van der Waals surface area contributed by atoms with Crippen molar-refractivity contribution in [2.24, 2.45) is 0 Å². The molecule has 0 aliphatic carbocycles. The van der Waals surface area contributed by atoms with Crippen molar-refractivity contribution < 1.29 is 23.5 Å². The molecule has 1 N–H and O–H groups in total. The van der Waals surface area contributed by atoms with Gasteiger partial charge in [0, 0.05) is 12.1 Å². The highest BCUT2D eigenvalue weighted by Crippen LogP contribution is 2.37. The highest BCUT2D eigenvalue weighted by atomic mass is 19.3. The number of aromatic hydroxyl groups is 1. The Morgan fingerprint density at radius 3 is 2.45 bits per heavy atom. The predicted molar refractivity (Wildman–Crippen MR) is 66.2 cm³/mol. The summed E-state index contributed by atoms with van der Waals surface area (Å²) in [6.07, 6.45) is -2.93. The van der Waals surface area contributed by atoms with E-state index in [1.807, 2.05) is 0 Å². The fraction of sp³-hybridized carbons (Fsp3) is 0.0769. The molecule has 0 aliphatic heterocycles. The van der Waals surface area contributed by atoms with E-state index >= 15 is 0 Å². The van der Waals surface area contributed by atoms with Crippen LogP contribution in [0.2, 0.25) is 0 Å². The number of phenolic OH excluding ortho intramolecular Hbond substituents is 1. The minimum atomic E-state index is -2.93. The molecule has 0 heterocycles. The van der Waals surface area contributed by atoms with Crippen LogP contribution in [0.3, 0.4) is 0 Å². The summed E-state index contributed by atoms with van der Waals surface area (Å²) in [5.74, 6) is -0.471. The minimum absolute atomic E-state index is 0.0109. The Balaban J connectivity index is 2.41. The smallest absolute Gasteiger partial charge is 0.270 e. The number of non-ortho nitro benzene ring substituents is 1. The lowest BCUT2D eigenvalue weighted by molar-refractivity contribution is -0.385. The molecular weight excluding hydrogens is 272 g/mol. The molecule has 0 spiro atoms. The standard InChI is InChI=1S/C13H9F2NO4/c14-13(15)9-7-8(16(18)19)5-6-11(9)20-12-4-2-1-3-10(12)17/h1-7,13,17H. The molecule has 0 atom stereocenters. The van der Waals surface area contributed by atoms with Crippen LogP contribution in [0.4, 0.5) is 14.5 Å². The molecule has 7 heteroatoms. The Morgan fingerprint density at radius 1 is 1.15 bits per heavy atom. The topological polar surface area (TPSA) is 72.6 Å². The summed E-state index contributed by atoms with van der Waals surface area (Å²) in [6.45, 7) is 0. The van der Waals surface area contributed by atoms with Gasteiger partial charge in [0.25, 0.3) is 12.1 Å². The first-order chi connectivity index (χ1) is 9.49. The number of ether oxygens (including phenoxy) is 1. The van der Waals surface area contributed by atoms with E-state index in [1.54, 1.807) is 12.1 Å². The Hall–Kier alpha value is -2.70. The second kappa shape index (κ2) is 5.52. The maximum atomic E-state index is 12.9. The van der Waals surface area contributed by atoms with Crippen LogP contribution in [0.15, 0.2) is 42.5 Å². The van der Waals surface area contributed by atoms with Crippen LogP contribution in [0.25, 0.3) is 0 Å². The van der Waals surface area contributed by atoms with Crippen LogP contribution in [-0.4, -0.2) is 10.0 Å². The lowest BCUT2D eigenvalue weighted by atomic mass is 10.2. The number of benzene rings is 2. The quantitative estimate of drug-likeness (QED) is 0.678. The molecule has 0 aliphatic rings. The van der Waals surface area contributed by atoms with E-state index in [2.05, 4.69) is 0 Å². The van der Waals surface area contributed by atoms with E-state index in [9.17, 15) is 24.0 Å². The summed E-state index contributed by atoms with van der Waals surface area (Å²) in [7, 11) is 0. The second-order valence-electron chi connectivity index (χ2n) is 3.85. The van der Waals surface area contributed by atoms with Crippen LogP contribution < -0.4 is 4.74 Å². The fourth-order valence-corrected chi connectivity index (χ4v) is 1.57. The number of hydrogen-bond donors (Lipinski definition) is 1. The number of halogens is 2. The van der Waals surface area contributed by atoms with Gasteiger partial charge in [0.15, 0.2) is 11.5 Å². The molecule has 0 bridgehead atoms. The van der Waals surface area contributed by atoms with Crippen molar-refractivity contribution in [2.45, 2.75) is 6.43 Å². The zero-order chi connectivity index (χ0) is 14.7. The number of para-hydroxylation sites is 2. The molecule has 2 aromatic carbocycles. The van der Waals surface area contributed by atoms with E-state index in [-0.39, 0.29) is 17.2 Å². The number of alkyl halides is 2. The van der Waals surface area contributed by atoms with Crippen molar-refractivity contribution in [3.05, 3.63) is 58.1 Å². The lowest BCUT2D eigenvalue weighted by Crippen LogP contribution is -1.95. The number of nitrogens with zero attached hydrogens (tertiary/aromatic N) is 1. The van der Waals surface area contributed by atoms with Gasteiger partial charge in [0.1, 0.15) is 5.75 Å². The van der Waals surface area contributed by atoms with Gasteiger partial charge in [-0.2, -0.15) is 0 Å². The SMILES string of the molecule is O=[N+]([O-])c1ccc(Oc2ccccc2O)c(C(F)F)c1. The molecule has 0 saturated carbocycles.